The van der Waals surface area contributed by atoms with Crippen LogP contribution in [0.15, 0.2) is 18.2 Å². The zero-order valence-electron chi connectivity index (χ0n) is 11.3. The summed E-state index contributed by atoms with van der Waals surface area (Å²) in [5.41, 5.74) is 0. The van der Waals surface area contributed by atoms with E-state index in [2.05, 4.69) is 0 Å². The molecule has 0 amide bonds. The largest absolute Gasteiger partial charge is 0.496 e. The van der Waals surface area contributed by atoms with Crippen LogP contribution in [-0.2, 0) is 9.36 Å². The van der Waals surface area contributed by atoms with E-state index in [0.29, 0.717) is 16.8 Å². The molecule has 0 radical (unpaired) electrons. The van der Waals surface area contributed by atoms with Crippen molar-refractivity contribution in [1.29, 1.82) is 0 Å². The zero-order valence-corrected chi connectivity index (χ0v) is 12.2. The summed E-state index contributed by atoms with van der Waals surface area (Å²) < 4.78 is 24.1. The minimum atomic E-state index is -3.31. The normalized spacial score (nSPS) is 25.6. The monoisotopic (exact) mass is 284 g/mol. The summed E-state index contributed by atoms with van der Waals surface area (Å²) in [6.07, 6.45) is 0. The van der Waals surface area contributed by atoms with Crippen molar-refractivity contribution in [2.45, 2.75) is 31.8 Å². The number of fused-ring (bicyclic) bond motifs is 1. The molecule has 1 N–H and O–H groups in total. The van der Waals surface area contributed by atoms with Crippen LogP contribution in [0.3, 0.4) is 0 Å². The molecule has 1 aliphatic heterocycles. The zero-order chi connectivity index (χ0) is 14.4. The lowest BCUT2D eigenvalue weighted by molar-refractivity contribution is -0.141. The van der Waals surface area contributed by atoms with E-state index in [4.69, 9.17) is 9.47 Å². The Morgan fingerprint density at radius 1 is 1.42 bits per heavy atom. The molecule has 5 nitrogen and oxygen atoms in total. The van der Waals surface area contributed by atoms with Crippen molar-refractivity contribution < 1.29 is 23.9 Å². The van der Waals surface area contributed by atoms with Crippen molar-refractivity contribution >= 4 is 18.4 Å². The maximum atomic E-state index is 13.4. The fourth-order valence-corrected chi connectivity index (χ4v) is 5.42. The molecule has 0 aliphatic carbocycles. The fourth-order valence-electron chi connectivity index (χ4n) is 2.29. The molecule has 19 heavy (non-hydrogen) atoms. The van der Waals surface area contributed by atoms with Crippen LogP contribution in [-0.4, -0.2) is 29.2 Å². The average molecular weight is 284 g/mol. The average Bonchev–Trinajstić information content (AvgIpc) is 2.64. The van der Waals surface area contributed by atoms with E-state index in [1.54, 1.807) is 39.0 Å². The fraction of sp³-hybridized carbons (Fsp3) is 0.462. The first kappa shape index (κ1) is 13.9. The van der Waals surface area contributed by atoms with Gasteiger partial charge in [0.2, 0.25) is 0 Å². The van der Waals surface area contributed by atoms with Gasteiger partial charge in [-0.1, -0.05) is 26.8 Å². The SMILES string of the molecule is COc1cccc2c1[P@@](=O)(C(C)(C)C)[C@H](C(=O)O)O2. The molecule has 6 heteroatoms. The molecule has 104 valence electrons. The van der Waals surface area contributed by atoms with Crippen LogP contribution >= 0.6 is 7.14 Å². The second kappa shape index (κ2) is 4.27. The standard InChI is InChI=1S/C13H17O5P/c1-13(2,3)19(16)10-8(17-4)6-5-7-9(10)18-12(19)11(14)15/h5-7,12H,1-4H3,(H,14,15)/t12-,19+/m1/s1. The molecule has 0 saturated carbocycles. The summed E-state index contributed by atoms with van der Waals surface area (Å²) in [5, 5.41) is 8.98. The third kappa shape index (κ3) is 1.84. The number of aliphatic carboxylic acids is 1. The van der Waals surface area contributed by atoms with Gasteiger partial charge in [-0.3, -0.25) is 0 Å². The summed E-state index contributed by atoms with van der Waals surface area (Å²) in [5.74, 6) is -1.81. The number of ether oxygens (including phenoxy) is 2. The topological polar surface area (TPSA) is 72.8 Å². The van der Waals surface area contributed by atoms with E-state index in [1.165, 1.54) is 7.11 Å². The Hall–Kier alpha value is -1.48. The minimum Gasteiger partial charge on any atom is -0.496 e. The highest BCUT2D eigenvalue weighted by Crippen LogP contribution is 2.66. The second-order valence-electron chi connectivity index (χ2n) is 5.44. The van der Waals surface area contributed by atoms with Crippen LogP contribution in [0.4, 0.5) is 0 Å². The lowest BCUT2D eigenvalue weighted by Crippen LogP contribution is -2.33. The number of benzene rings is 1. The molecule has 0 fully saturated rings. The summed E-state index contributed by atoms with van der Waals surface area (Å²) in [7, 11) is -1.84. The molecule has 1 aliphatic rings. The smallest absolute Gasteiger partial charge is 0.353 e. The molecule has 2 rings (SSSR count). The number of carbonyl (C=O) groups is 1. The van der Waals surface area contributed by atoms with Crippen molar-refractivity contribution in [3.63, 3.8) is 0 Å². The van der Waals surface area contributed by atoms with Crippen LogP contribution in [0.25, 0.3) is 0 Å². The molecule has 0 bridgehead atoms. The second-order valence-corrected chi connectivity index (χ2v) is 9.02. The molecular formula is C13H17O5P. The van der Waals surface area contributed by atoms with Gasteiger partial charge in [0, 0.05) is 5.16 Å². The highest BCUT2D eigenvalue weighted by atomic mass is 31.2. The van der Waals surface area contributed by atoms with Gasteiger partial charge in [-0.25, -0.2) is 4.79 Å². The van der Waals surface area contributed by atoms with Crippen LogP contribution in [0.5, 0.6) is 11.5 Å². The number of rotatable bonds is 2. The Labute approximate surface area is 111 Å². The first-order chi connectivity index (χ1) is 8.73. The first-order valence-corrected chi connectivity index (χ1v) is 7.68. The molecular weight excluding hydrogens is 267 g/mol. The van der Waals surface area contributed by atoms with E-state index in [1.807, 2.05) is 0 Å². The molecule has 1 heterocycles. The van der Waals surface area contributed by atoms with E-state index < -0.39 is 24.1 Å². The van der Waals surface area contributed by atoms with Crippen LogP contribution < -0.4 is 14.8 Å². The van der Waals surface area contributed by atoms with Crippen molar-refractivity contribution in [2.24, 2.45) is 0 Å². The quantitative estimate of drug-likeness (QED) is 0.843. The molecule has 0 unspecified atom stereocenters. The van der Waals surface area contributed by atoms with Crippen LogP contribution in [0.2, 0.25) is 0 Å². The first-order valence-electron chi connectivity index (χ1n) is 5.90. The number of hydrogen-bond donors (Lipinski definition) is 1. The summed E-state index contributed by atoms with van der Waals surface area (Å²) >= 11 is 0. The lowest BCUT2D eigenvalue weighted by atomic mass is 10.3. The highest BCUT2D eigenvalue weighted by Gasteiger charge is 2.57. The number of hydrogen-bond acceptors (Lipinski definition) is 4. The van der Waals surface area contributed by atoms with E-state index in [0.717, 1.165) is 0 Å². The van der Waals surface area contributed by atoms with Crippen molar-refractivity contribution in [3.8, 4) is 11.5 Å². The number of carboxylic acid groups (broad SMARTS) is 1. The van der Waals surface area contributed by atoms with Gasteiger partial charge in [0.15, 0.2) is 7.14 Å². The van der Waals surface area contributed by atoms with Gasteiger partial charge in [-0.2, -0.15) is 0 Å². The van der Waals surface area contributed by atoms with Crippen LogP contribution in [0.1, 0.15) is 20.8 Å². The Bertz CT molecular complexity index is 573. The predicted molar refractivity (Wildman–Crippen MR) is 72.0 cm³/mol. The van der Waals surface area contributed by atoms with Gasteiger partial charge in [-0.05, 0) is 12.1 Å². The Kier molecular flexibility index (Phi) is 3.13. The van der Waals surface area contributed by atoms with E-state index in [9.17, 15) is 14.5 Å². The molecule has 1 aromatic rings. The predicted octanol–water partition coefficient (Wildman–Crippen LogP) is 2.29. The Balaban J connectivity index is 2.76. The van der Waals surface area contributed by atoms with Crippen LogP contribution in [0, 0.1) is 0 Å². The van der Waals surface area contributed by atoms with Gasteiger partial charge < -0.3 is 19.1 Å². The summed E-state index contributed by atoms with van der Waals surface area (Å²) in [6.45, 7) is 5.28. The summed E-state index contributed by atoms with van der Waals surface area (Å²) in [4.78, 5) is 11.4. The molecule has 0 aromatic heterocycles. The molecule has 0 spiro atoms. The maximum Gasteiger partial charge on any atom is 0.353 e. The minimum absolute atomic E-state index is 0.338. The van der Waals surface area contributed by atoms with Gasteiger partial charge >= 0.3 is 5.97 Å². The van der Waals surface area contributed by atoms with Gasteiger partial charge in [-0.15, -0.1) is 0 Å². The van der Waals surface area contributed by atoms with Gasteiger partial charge in [0.05, 0.1) is 7.11 Å². The molecule has 2 atom stereocenters. The molecule has 0 saturated heterocycles. The van der Waals surface area contributed by atoms with Crippen molar-refractivity contribution in [1.82, 2.24) is 0 Å². The lowest BCUT2D eigenvalue weighted by Gasteiger charge is -2.30. The molecule has 1 aromatic carbocycles. The Morgan fingerprint density at radius 2 is 2.05 bits per heavy atom. The third-order valence-corrected chi connectivity index (χ3v) is 7.38. The van der Waals surface area contributed by atoms with Crippen molar-refractivity contribution in [2.75, 3.05) is 7.11 Å². The van der Waals surface area contributed by atoms with E-state index in [-0.39, 0.29) is 0 Å². The maximum absolute atomic E-state index is 13.4. The highest BCUT2D eigenvalue weighted by molar-refractivity contribution is 7.75. The summed E-state index contributed by atoms with van der Waals surface area (Å²) in [6, 6.07) is 4.99. The third-order valence-electron chi connectivity index (χ3n) is 3.29. The van der Waals surface area contributed by atoms with E-state index >= 15 is 0 Å². The van der Waals surface area contributed by atoms with Gasteiger partial charge in [0.1, 0.15) is 16.8 Å². The Morgan fingerprint density at radius 3 is 2.53 bits per heavy atom. The van der Waals surface area contributed by atoms with Gasteiger partial charge in [0.25, 0.3) is 5.85 Å². The number of methoxy groups -OCH3 is 1. The van der Waals surface area contributed by atoms with Crippen molar-refractivity contribution in [3.05, 3.63) is 18.2 Å². The number of carboxylic acids is 1.